The first-order chi connectivity index (χ1) is 17.2. The Labute approximate surface area is 205 Å². The molecule has 182 valence electrons. The largest absolute Gasteiger partial charge is 0.467 e. The van der Waals surface area contributed by atoms with Crippen LogP contribution in [0.25, 0.3) is 0 Å². The van der Waals surface area contributed by atoms with Crippen LogP contribution in [-0.4, -0.2) is 35.8 Å². The summed E-state index contributed by atoms with van der Waals surface area (Å²) in [5.41, 5.74) is -0.284. The van der Waals surface area contributed by atoms with E-state index in [4.69, 9.17) is 8.83 Å². The number of aromatic nitrogens is 1. The number of hydrogen-bond acceptors (Lipinski definition) is 11. The lowest BCUT2D eigenvalue weighted by Crippen LogP contribution is -2.30. The first-order valence-corrected chi connectivity index (χ1v) is 12.4. The Morgan fingerprint density at radius 1 is 1.06 bits per heavy atom. The third-order valence-corrected chi connectivity index (χ3v) is 8.72. The number of anilines is 1. The normalized spacial score (nSPS) is 18.1. The Balaban J connectivity index is 1.54. The zero-order valence-corrected chi connectivity index (χ0v) is 19.5. The maximum Gasteiger partial charge on any atom is 0.297 e. The van der Waals surface area contributed by atoms with Crippen LogP contribution < -0.4 is 4.90 Å². The Morgan fingerprint density at radius 2 is 1.75 bits per heavy atom. The summed E-state index contributed by atoms with van der Waals surface area (Å²) in [5.74, 6) is -4.33. The lowest BCUT2D eigenvalue weighted by molar-refractivity contribution is -0.384. The van der Waals surface area contributed by atoms with Crippen molar-refractivity contribution in [1.82, 2.24) is 4.98 Å². The number of nitro groups is 1. The van der Waals surface area contributed by atoms with Gasteiger partial charge in [0, 0.05) is 12.1 Å². The molecule has 0 saturated carbocycles. The molecular formula is C22H13N3O9S2. The zero-order valence-electron chi connectivity index (χ0n) is 17.8. The van der Waals surface area contributed by atoms with Crippen molar-refractivity contribution in [3.63, 3.8) is 0 Å². The molecule has 4 aromatic rings. The van der Waals surface area contributed by atoms with Crippen molar-refractivity contribution in [3.8, 4) is 0 Å². The van der Waals surface area contributed by atoms with Crippen molar-refractivity contribution < 1.29 is 36.6 Å². The summed E-state index contributed by atoms with van der Waals surface area (Å²) < 4.78 is 36.4. The fourth-order valence-corrected chi connectivity index (χ4v) is 6.37. The number of carbonyl (C=O) groups excluding carboxylic acids is 3. The van der Waals surface area contributed by atoms with E-state index in [0.29, 0.717) is 11.3 Å². The van der Waals surface area contributed by atoms with E-state index >= 15 is 0 Å². The highest BCUT2D eigenvalue weighted by Crippen LogP contribution is 2.43. The molecule has 5 rings (SSSR count). The lowest BCUT2D eigenvalue weighted by atomic mass is 9.91. The Morgan fingerprint density at radius 3 is 2.36 bits per heavy atom. The van der Waals surface area contributed by atoms with Crippen LogP contribution in [-0.2, 0) is 19.4 Å². The van der Waals surface area contributed by atoms with E-state index in [-0.39, 0.29) is 31.4 Å². The molecule has 2 atom stereocenters. The Hall–Kier alpha value is -4.43. The number of rotatable bonds is 7. The van der Waals surface area contributed by atoms with E-state index in [2.05, 4.69) is 4.98 Å². The molecule has 0 N–H and O–H groups in total. The van der Waals surface area contributed by atoms with Gasteiger partial charge in [-0.05, 0) is 36.4 Å². The van der Waals surface area contributed by atoms with Gasteiger partial charge in [-0.1, -0.05) is 11.3 Å². The van der Waals surface area contributed by atoms with Gasteiger partial charge in [-0.2, -0.15) is 0 Å². The molecule has 14 heteroatoms. The number of ketones is 2. The maximum atomic E-state index is 13.1. The van der Waals surface area contributed by atoms with Gasteiger partial charge >= 0.3 is 0 Å². The quantitative estimate of drug-likeness (QED) is 0.114. The first-order valence-electron chi connectivity index (χ1n) is 10.1. The average Bonchev–Trinajstić information content (AvgIpc) is 3.66. The van der Waals surface area contributed by atoms with E-state index in [1.54, 1.807) is 0 Å². The van der Waals surface area contributed by atoms with Crippen molar-refractivity contribution in [2.45, 2.75) is 15.1 Å². The van der Waals surface area contributed by atoms with Crippen LogP contribution in [0.3, 0.4) is 0 Å². The number of sulfone groups is 1. The molecule has 0 radical (unpaired) electrons. The number of carbonyl (C=O) groups is 3. The van der Waals surface area contributed by atoms with E-state index in [0.717, 1.165) is 35.4 Å². The monoisotopic (exact) mass is 527 g/mol. The van der Waals surface area contributed by atoms with Gasteiger partial charge in [0.05, 0.1) is 28.5 Å². The molecule has 1 aliphatic rings. The predicted octanol–water partition coefficient (Wildman–Crippen LogP) is 3.23. The topological polar surface area (TPSA) is 171 Å². The number of thiazole rings is 1. The molecule has 36 heavy (non-hydrogen) atoms. The van der Waals surface area contributed by atoms with Crippen LogP contribution in [0.15, 0.2) is 85.2 Å². The number of nitro benzene ring substituents is 1. The van der Waals surface area contributed by atoms with Gasteiger partial charge in [0.1, 0.15) is 21.9 Å². The summed E-state index contributed by atoms with van der Waals surface area (Å²) in [6.45, 7) is 0. The minimum atomic E-state index is -4.15. The summed E-state index contributed by atoms with van der Waals surface area (Å²) in [7, 11) is -4.15. The van der Waals surface area contributed by atoms with E-state index in [9.17, 15) is 32.9 Å². The first kappa shape index (κ1) is 23.3. The number of benzene rings is 1. The highest BCUT2D eigenvalue weighted by atomic mass is 32.2. The molecule has 12 nitrogen and oxygen atoms in total. The summed E-state index contributed by atoms with van der Waals surface area (Å²) >= 11 is 0.604. The molecule has 3 aromatic heterocycles. The third-order valence-electron chi connectivity index (χ3n) is 5.49. The van der Waals surface area contributed by atoms with Gasteiger partial charge in [0.2, 0.25) is 21.4 Å². The minimum Gasteiger partial charge on any atom is -0.467 e. The number of nitrogens with zero attached hydrogens (tertiary/aromatic N) is 3. The molecule has 4 heterocycles. The minimum absolute atomic E-state index is 0.120. The number of hydrogen-bond donors (Lipinski definition) is 0. The number of furan rings is 2. The van der Waals surface area contributed by atoms with Gasteiger partial charge in [0.25, 0.3) is 11.6 Å². The highest BCUT2D eigenvalue weighted by molar-refractivity contribution is 7.93. The molecular weight excluding hydrogens is 514 g/mol. The second-order valence-electron chi connectivity index (χ2n) is 7.54. The van der Waals surface area contributed by atoms with Gasteiger partial charge in [0.15, 0.2) is 10.9 Å². The molecule has 1 aromatic carbocycles. The lowest BCUT2D eigenvalue weighted by Gasteiger charge is -2.22. The summed E-state index contributed by atoms with van der Waals surface area (Å²) in [6, 6.07) is 8.87. The van der Waals surface area contributed by atoms with Gasteiger partial charge < -0.3 is 8.83 Å². The second-order valence-corrected chi connectivity index (χ2v) is 10.7. The van der Waals surface area contributed by atoms with Crippen molar-refractivity contribution in [3.05, 3.63) is 88.9 Å². The fourth-order valence-electron chi connectivity index (χ4n) is 3.81. The van der Waals surface area contributed by atoms with Crippen molar-refractivity contribution in [2.24, 2.45) is 5.92 Å². The Kier molecular flexibility index (Phi) is 5.61. The van der Waals surface area contributed by atoms with Gasteiger partial charge in [-0.25, -0.2) is 13.4 Å². The van der Waals surface area contributed by atoms with Gasteiger partial charge in [-0.3, -0.25) is 29.4 Å². The number of Topliss-reactive ketones (excluding diaryl/α,β-unsaturated/α-hetero) is 2. The molecule has 0 spiro atoms. The Bertz CT molecular complexity index is 1590. The number of amides is 1. The summed E-state index contributed by atoms with van der Waals surface area (Å²) in [5, 5.41) is 10.7. The second kappa shape index (κ2) is 8.66. The highest BCUT2D eigenvalue weighted by Gasteiger charge is 2.55. The van der Waals surface area contributed by atoms with E-state index < -0.39 is 44.2 Å². The average molecular weight is 527 g/mol. The van der Waals surface area contributed by atoms with E-state index in [1.807, 2.05) is 0 Å². The van der Waals surface area contributed by atoms with Crippen molar-refractivity contribution >= 4 is 49.5 Å². The van der Waals surface area contributed by atoms with Crippen LogP contribution in [0.4, 0.5) is 10.8 Å². The van der Waals surface area contributed by atoms with Crippen LogP contribution in [0, 0.1) is 16.0 Å². The fraction of sp³-hybridized carbons (Fsp3) is 0.0909. The molecule has 0 bridgehead atoms. The zero-order chi connectivity index (χ0) is 25.6. The third kappa shape index (κ3) is 3.72. The van der Waals surface area contributed by atoms with Crippen LogP contribution in [0.1, 0.15) is 22.4 Å². The molecule has 1 fully saturated rings. The molecule has 1 saturated heterocycles. The van der Waals surface area contributed by atoms with Gasteiger partial charge in [-0.15, -0.1) is 0 Å². The summed E-state index contributed by atoms with van der Waals surface area (Å²) in [4.78, 5) is 54.0. The SMILES string of the molecule is O=C1C(=O)N(c2ncc(S(=O)(=O)c3ccc([N+](=O)[O-])cc3)s2)C(c2ccco2)C1C(=O)c1ccco1. The number of non-ortho nitro benzene ring substituents is 1. The van der Waals surface area contributed by atoms with E-state index in [1.165, 1.54) is 36.8 Å². The molecule has 1 aliphatic heterocycles. The predicted molar refractivity (Wildman–Crippen MR) is 121 cm³/mol. The van der Waals surface area contributed by atoms with Crippen LogP contribution in [0.2, 0.25) is 0 Å². The van der Waals surface area contributed by atoms with Crippen molar-refractivity contribution in [2.75, 3.05) is 4.90 Å². The van der Waals surface area contributed by atoms with Crippen molar-refractivity contribution in [1.29, 1.82) is 0 Å². The summed E-state index contributed by atoms with van der Waals surface area (Å²) in [6.07, 6.45) is 3.57. The molecule has 2 unspecified atom stereocenters. The maximum absolute atomic E-state index is 13.1. The molecule has 1 amide bonds. The smallest absolute Gasteiger partial charge is 0.297 e. The van der Waals surface area contributed by atoms with Crippen LogP contribution >= 0.6 is 11.3 Å². The van der Waals surface area contributed by atoms with Crippen LogP contribution in [0.5, 0.6) is 0 Å². The standard InChI is InChI=1S/C22H13N3O9S2/c26-19(15-4-2-10-34-15)17-18(14-3-1-9-33-14)24(21(28)20(17)27)22-23-11-16(35-22)36(31,32)13-7-5-12(6-8-13)25(29)30/h1-11,17-18H. The molecule has 0 aliphatic carbocycles.